The molecule has 0 saturated carbocycles. The van der Waals surface area contributed by atoms with E-state index >= 15 is 0 Å². The second-order valence-corrected chi connectivity index (χ2v) is 4.01. The second kappa shape index (κ2) is 5.01. The summed E-state index contributed by atoms with van der Waals surface area (Å²) in [5, 5.41) is 0. The third-order valence-electron chi connectivity index (χ3n) is 2.34. The van der Waals surface area contributed by atoms with Crippen molar-refractivity contribution in [3.8, 4) is 0 Å². The SMILES string of the molecule is CCCN=C(N)c1c(F)cn(C(C)C)c1N. The first kappa shape index (κ1) is 12.5. The molecule has 0 unspecified atom stereocenters. The zero-order valence-corrected chi connectivity index (χ0v) is 10.00. The molecule has 0 aliphatic rings. The first-order chi connectivity index (χ1) is 7.49. The lowest BCUT2D eigenvalue weighted by Crippen LogP contribution is -2.17. The van der Waals surface area contributed by atoms with Crippen molar-refractivity contribution < 1.29 is 4.39 Å². The Kier molecular flexibility index (Phi) is 3.93. The van der Waals surface area contributed by atoms with E-state index in [-0.39, 0.29) is 17.4 Å². The minimum atomic E-state index is -0.413. The van der Waals surface area contributed by atoms with Gasteiger partial charge in [-0.05, 0) is 20.3 Å². The fourth-order valence-electron chi connectivity index (χ4n) is 1.50. The number of halogens is 1. The average Bonchev–Trinajstić information content (AvgIpc) is 2.51. The van der Waals surface area contributed by atoms with E-state index in [1.165, 1.54) is 6.20 Å². The Labute approximate surface area is 95.1 Å². The summed E-state index contributed by atoms with van der Waals surface area (Å²) in [6, 6.07) is 0.0993. The summed E-state index contributed by atoms with van der Waals surface area (Å²) in [5.41, 5.74) is 11.8. The van der Waals surface area contributed by atoms with E-state index in [1.54, 1.807) is 4.57 Å². The van der Waals surface area contributed by atoms with Crippen LogP contribution in [0.5, 0.6) is 0 Å². The van der Waals surface area contributed by atoms with Crippen LogP contribution in [0.3, 0.4) is 0 Å². The first-order valence-corrected chi connectivity index (χ1v) is 5.45. The number of aliphatic imine (C=N–C) groups is 1. The Morgan fingerprint density at radius 1 is 1.56 bits per heavy atom. The van der Waals surface area contributed by atoms with Crippen LogP contribution in [-0.2, 0) is 0 Å². The molecule has 4 nitrogen and oxygen atoms in total. The van der Waals surface area contributed by atoms with E-state index in [2.05, 4.69) is 4.99 Å². The summed E-state index contributed by atoms with van der Waals surface area (Å²) in [5.74, 6) is 0.102. The molecule has 5 heteroatoms. The molecule has 1 aromatic heterocycles. The smallest absolute Gasteiger partial charge is 0.153 e. The fraction of sp³-hybridized carbons (Fsp3) is 0.545. The summed E-state index contributed by atoms with van der Waals surface area (Å²) in [6.07, 6.45) is 2.23. The van der Waals surface area contributed by atoms with Gasteiger partial charge >= 0.3 is 0 Å². The Bertz CT molecular complexity index is 393. The van der Waals surface area contributed by atoms with E-state index < -0.39 is 5.82 Å². The molecule has 0 bridgehead atoms. The predicted octanol–water partition coefficient (Wildman–Crippen LogP) is 1.91. The van der Waals surface area contributed by atoms with Gasteiger partial charge in [0.15, 0.2) is 5.82 Å². The van der Waals surface area contributed by atoms with Crippen molar-refractivity contribution in [3.63, 3.8) is 0 Å². The van der Waals surface area contributed by atoms with E-state index in [0.717, 1.165) is 6.42 Å². The molecular formula is C11H19FN4. The van der Waals surface area contributed by atoms with E-state index in [1.807, 2.05) is 20.8 Å². The monoisotopic (exact) mass is 226 g/mol. The van der Waals surface area contributed by atoms with Gasteiger partial charge < -0.3 is 16.0 Å². The Balaban J connectivity index is 3.14. The molecule has 0 aliphatic heterocycles. The Hall–Kier alpha value is -1.52. The number of nitrogen functional groups attached to an aromatic ring is 1. The highest BCUT2D eigenvalue weighted by molar-refractivity contribution is 6.01. The standard InChI is InChI=1S/C11H19FN4/c1-4-5-15-10(13)9-8(12)6-16(7(2)3)11(9)14/h6-7H,4-5,14H2,1-3H3,(H2,13,15). The molecule has 4 N–H and O–H groups in total. The minimum absolute atomic E-state index is 0.0993. The molecular weight excluding hydrogens is 207 g/mol. The van der Waals surface area contributed by atoms with Crippen molar-refractivity contribution in [2.45, 2.75) is 33.2 Å². The molecule has 0 aromatic carbocycles. The van der Waals surface area contributed by atoms with Crippen LogP contribution in [0, 0.1) is 5.82 Å². The number of nitrogens with zero attached hydrogens (tertiary/aromatic N) is 2. The van der Waals surface area contributed by atoms with Crippen LogP contribution in [-0.4, -0.2) is 16.9 Å². The molecule has 1 aromatic rings. The third kappa shape index (κ3) is 2.35. The zero-order chi connectivity index (χ0) is 12.3. The predicted molar refractivity (Wildman–Crippen MR) is 65.1 cm³/mol. The van der Waals surface area contributed by atoms with Crippen LogP contribution in [0.25, 0.3) is 0 Å². The van der Waals surface area contributed by atoms with Gasteiger partial charge in [0.25, 0.3) is 0 Å². The molecule has 0 amide bonds. The van der Waals surface area contributed by atoms with Crippen LogP contribution in [0.4, 0.5) is 10.2 Å². The lowest BCUT2D eigenvalue weighted by atomic mass is 10.2. The number of nitrogens with two attached hydrogens (primary N) is 2. The number of amidine groups is 1. The molecule has 0 aliphatic carbocycles. The van der Waals surface area contributed by atoms with Crippen LogP contribution in [0.2, 0.25) is 0 Å². The number of hydrogen-bond donors (Lipinski definition) is 2. The van der Waals surface area contributed by atoms with Crippen molar-refractivity contribution in [2.75, 3.05) is 12.3 Å². The summed E-state index contributed by atoms with van der Waals surface area (Å²) >= 11 is 0. The maximum atomic E-state index is 13.6. The van der Waals surface area contributed by atoms with Gasteiger partial charge in [-0.25, -0.2) is 4.39 Å². The molecule has 1 heterocycles. The molecule has 0 radical (unpaired) electrons. The lowest BCUT2D eigenvalue weighted by molar-refractivity contribution is 0.580. The van der Waals surface area contributed by atoms with Crippen LogP contribution in [0.15, 0.2) is 11.2 Å². The largest absolute Gasteiger partial charge is 0.384 e. The number of rotatable bonds is 4. The molecule has 0 fully saturated rings. The van der Waals surface area contributed by atoms with Gasteiger partial charge in [0.05, 0.1) is 5.56 Å². The van der Waals surface area contributed by atoms with Crippen LogP contribution >= 0.6 is 0 Å². The van der Waals surface area contributed by atoms with Crippen molar-refractivity contribution in [2.24, 2.45) is 10.7 Å². The molecule has 0 spiro atoms. The zero-order valence-electron chi connectivity index (χ0n) is 10.00. The van der Waals surface area contributed by atoms with Crippen LogP contribution in [0.1, 0.15) is 38.8 Å². The summed E-state index contributed by atoms with van der Waals surface area (Å²) in [6.45, 7) is 6.42. The van der Waals surface area contributed by atoms with Crippen molar-refractivity contribution >= 4 is 11.7 Å². The van der Waals surface area contributed by atoms with Crippen molar-refractivity contribution in [1.29, 1.82) is 0 Å². The van der Waals surface area contributed by atoms with Crippen molar-refractivity contribution in [1.82, 2.24) is 4.57 Å². The Morgan fingerprint density at radius 2 is 2.19 bits per heavy atom. The maximum Gasteiger partial charge on any atom is 0.153 e. The van der Waals surface area contributed by atoms with Crippen molar-refractivity contribution in [3.05, 3.63) is 17.6 Å². The molecule has 90 valence electrons. The maximum absolute atomic E-state index is 13.6. The topological polar surface area (TPSA) is 69.3 Å². The highest BCUT2D eigenvalue weighted by Crippen LogP contribution is 2.22. The average molecular weight is 226 g/mol. The molecule has 0 atom stereocenters. The minimum Gasteiger partial charge on any atom is -0.384 e. The number of aromatic nitrogens is 1. The second-order valence-electron chi connectivity index (χ2n) is 4.01. The normalized spacial score (nSPS) is 12.4. The lowest BCUT2D eigenvalue weighted by Gasteiger charge is -2.09. The molecule has 1 rings (SSSR count). The van der Waals surface area contributed by atoms with E-state index in [9.17, 15) is 4.39 Å². The highest BCUT2D eigenvalue weighted by atomic mass is 19.1. The Morgan fingerprint density at radius 3 is 2.62 bits per heavy atom. The van der Waals surface area contributed by atoms with Crippen LogP contribution < -0.4 is 11.5 Å². The van der Waals surface area contributed by atoms with Gasteiger partial charge in [0, 0.05) is 18.8 Å². The van der Waals surface area contributed by atoms with E-state index in [0.29, 0.717) is 12.4 Å². The summed E-state index contributed by atoms with van der Waals surface area (Å²) < 4.78 is 15.3. The quantitative estimate of drug-likeness (QED) is 0.608. The van der Waals surface area contributed by atoms with Gasteiger partial charge in [0.1, 0.15) is 11.7 Å². The fourth-order valence-corrected chi connectivity index (χ4v) is 1.50. The van der Waals surface area contributed by atoms with Gasteiger partial charge in [-0.3, -0.25) is 4.99 Å². The summed E-state index contributed by atoms with van der Waals surface area (Å²) in [7, 11) is 0. The summed E-state index contributed by atoms with van der Waals surface area (Å²) in [4.78, 5) is 4.07. The third-order valence-corrected chi connectivity index (χ3v) is 2.34. The molecule has 0 saturated heterocycles. The molecule has 16 heavy (non-hydrogen) atoms. The first-order valence-electron chi connectivity index (χ1n) is 5.45. The van der Waals surface area contributed by atoms with Gasteiger partial charge in [0.2, 0.25) is 0 Å². The van der Waals surface area contributed by atoms with E-state index in [4.69, 9.17) is 11.5 Å². The van der Waals surface area contributed by atoms with Gasteiger partial charge in [-0.2, -0.15) is 0 Å². The highest BCUT2D eigenvalue weighted by Gasteiger charge is 2.17. The number of hydrogen-bond acceptors (Lipinski definition) is 2. The van der Waals surface area contributed by atoms with Gasteiger partial charge in [-0.1, -0.05) is 6.92 Å². The van der Waals surface area contributed by atoms with Gasteiger partial charge in [-0.15, -0.1) is 0 Å². The number of anilines is 1.